The molecule has 3 aromatic rings. The zero-order chi connectivity index (χ0) is 25.6. The number of amides is 1. The number of carboxylic acid groups (broad SMARTS) is 1. The van der Waals surface area contributed by atoms with Crippen LogP contribution in [0.25, 0.3) is 11.1 Å². The lowest BCUT2D eigenvalue weighted by atomic mass is 10.00. The first-order chi connectivity index (χ1) is 16.6. The number of carbonyl (C=O) groups excluding carboxylic acids is 1. The molecule has 0 fully saturated rings. The monoisotopic (exact) mass is 485 g/mol. The average Bonchev–Trinajstić information content (AvgIpc) is 2.82. The fourth-order valence-electron chi connectivity index (χ4n) is 3.59. The van der Waals surface area contributed by atoms with Crippen LogP contribution >= 0.6 is 0 Å². The van der Waals surface area contributed by atoms with Crippen molar-refractivity contribution in [3.8, 4) is 16.9 Å². The maximum absolute atomic E-state index is 12.8. The van der Waals surface area contributed by atoms with E-state index in [0.717, 1.165) is 28.8 Å². The molecule has 2 N–H and O–H groups in total. The van der Waals surface area contributed by atoms with Gasteiger partial charge in [0, 0.05) is 12.1 Å². The van der Waals surface area contributed by atoms with Crippen LogP contribution < -0.4 is 10.1 Å². The van der Waals surface area contributed by atoms with E-state index in [1.165, 1.54) is 12.1 Å². The second kappa shape index (κ2) is 11.1. The Balaban J connectivity index is 1.69. The van der Waals surface area contributed by atoms with Crippen LogP contribution in [-0.2, 0) is 11.0 Å². The van der Waals surface area contributed by atoms with E-state index in [0.29, 0.717) is 23.3 Å². The number of aliphatic carboxylic acids is 1. The van der Waals surface area contributed by atoms with Crippen molar-refractivity contribution < 1.29 is 32.6 Å². The van der Waals surface area contributed by atoms with E-state index in [4.69, 9.17) is 9.84 Å². The number of halogens is 3. The highest BCUT2D eigenvalue weighted by Crippen LogP contribution is 2.32. The Kier molecular flexibility index (Phi) is 8.17. The summed E-state index contributed by atoms with van der Waals surface area (Å²) in [6.07, 6.45) is -4.10. The summed E-state index contributed by atoms with van der Waals surface area (Å²) >= 11 is 0. The second-order valence-corrected chi connectivity index (χ2v) is 8.09. The molecular formula is C27H26F3NO4. The predicted molar refractivity (Wildman–Crippen MR) is 126 cm³/mol. The summed E-state index contributed by atoms with van der Waals surface area (Å²) < 4.78 is 44.6. The Hall–Kier alpha value is -3.81. The minimum atomic E-state index is -4.37. The molecule has 0 aromatic heterocycles. The highest BCUT2D eigenvalue weighted by atomic mass is 19.4. The van der Waals surface area contributed by atoms with E-state index >= 15 is 0 Å². The van der Waals surface area contributed by atoms with Gasteiger partial charge in [-0.15, -0.1) is 0 Å². The lowest BCUT2D eigenvalue weighted by Gasteiger charge is -2.20. The van der Waals surface area contributed by atoms with Crippen LogP contribution in [-0.4, -0.2) is 23.5 Å². The predicted octanol–water partition coefficient (Wildman–Crippen LogP) is 6.42. The molecule has 3 rings (SSSR count). The Morgan fingerprint density at radius 2 is 1.57 bits per heavy atom. The number of ether oxygens (including phenoxy) is 1. The second-order valence-electron chi connectivity index (χ2n) is 8.09. The van der Waals surface area contributed by atoms with Crippen molar-refractivity contribution in [2.45, 2.75) is 39.0 Å². The van der Waals surface area contributed by atoms with E-state index in [1.807, 2.05) is 38.1 Å². The van der Waals surface area contributed by atoms with Crippen molar-refractivity contribution in [3.05, 3.63) is 89.0 Å². The Morgan fingerprint density at radius 1 is 0.971 bits per heavy atom. The summed E-state index contributed by atoms with van der Waals surface area (Å²) in [5.74, 6) is -0.722. The summed E-state index contributed by atoms with van der Waals surface area (Å²) in [6.45, 7) is 3.85. The highest BCUT2D eigenvalue weighted by molar-refractivity contribution is 5.94. The van der Waals surface area contributed by atoms with Crippen LogP contribution in [0.1, 0.15) is 52.9 Å². The van der Waals surface area contributed by atoms with Crippen molar-refractivity contribution in [2.75, 3.05) is 6.54 Å². The van der Waals surface area contributed by atoms with Gasteiger partial charge in [-0.3, -0.25) is 9.59 Å². The number of carbonyl (C=O) groups is 2. The van der Waals surface area contributed by atoms with Gasteiger partial charge in [0.2, 0.25) is 0 Å². The molecule has 0 spiro atoms. The first kappa shape index (κ1) is 25.8. The lowest BCUT2D eigenvalue weighted by Crippen LogP contribution is -2.26. The van der Waals surface area contributed by atoms with Gasteiger partial charge in [-0.05, 0) is 65.9 Å². The summed E-state index contributed by atoms with van der Waals surface area (Å²) in [7, 11) is 0. The Morgan fingerprint density at radius 3 is 2.09 bits per heavy atom. The molecule has 1 amide bonds. The highest BCUT2D eigenvalue weighted by Gasteiger charge is 2.30. The minimum Gasteiger partial charge on any atom is -0.485 e. The van der Waals surface area contributed by atoms with Gasteiger partial charge in [0.15, 0.2) is 0 Å². The number of aryl methyl sites for hydroxylation is 1. The van der Waals surface area contributed by atoms with Gasteiger partial charge in [0.25, 0.3) is 5.91 Å². The van der Waals surface area contributed by atoms with Crippen LogP contribution in [0.2, 0.25) is 0 Å². The van der Waals surface area contributed by atoms with E-state index in [9.17, 15) is 22.8 Å². The van der Waals surface area contributed by atoms with Gasteiger partial charge in [-0.25, -0.2) is 0 Å². The standard InChI is InChI=1S/C27H26F3NO4/c1-3-23(35-24-13-10-21(16-17(24)2)26(34)31-15-14-25(32)33)20-6-4-18(5-7-20)19-8-11-22(12-9-19)27(28,29)30/h4-13,16,23H,3,14-15H2,1-2H3,(H,31,34)(H,32,33). The van der Waals surface area contributed by atoms with Crippen molar-refractivity contribution in [2.24, 2.45) is 0 Å². The van der Waals surface area contributed by atoms with Gasteiger partial charge in [-0.1, -0.05) is 43.3 Å². The third-order valence-electron chi connectivity index (χ3n) is 5.53. The van der Waals surface area contributed by atoms with E-state index in [2.05, 4.69) is 5.32 Å². The van der Waals surface area contributed by atoms with Gasteiger partial charge in [0.1, 0.15) is 11.9 Å². The molecule has 3 aromatic carbocycles. The molecule has 0 aliphatic carbocycles. The SMILES string of the molecule is CCC(Oc1ccc(C(=O)NCCC(=O)O)cc1C)c1ccc(-c2ccc(C(F)(F)F)cc2)cc1. The molecule has 0 saturated heterocycles. The molecule has 0 radical (unpaired) electrons. The van der Waals surface area contributed by atoms with Crippen molar-refractivity contribution in [3.63, 3.8) is 0 Å². The molecule has 1 atom stereocenters. The molecule has 0 aliphatic heterocycles. The molecule has 0 heterocycles. The minimum absolute atomic E-state index is 0.0475. The van der Waals surface area contributed by atoms with E-state index < -0.39 is 17.7 Å². The molecule has 5 nitrogen and oxygen atoms in total. The number of alkyl halides is 3. The third-order valence-corrected chi connectivity index (χ3v) is 5.53. The number of hydrogen-bond acceptors (Lipinski definition) is 3. The number of hydrogen-bond donors (Lipinski definition) is 2. The zero-order valence-electron chi connectivity index (χ0n) is 19.4. The van der Waals surface area contributed by atoms with E-state index in [-0.39, 0.29) is 25.0 Å². The average molecular weight is 486 g/mol. The molecule has 0 aliphatic rings. The maximum atomic E-state index is 12.8. The third kappa shape index (κ3) is 6.85. The zero-order valence-corrected chi connectivity index (χ0v) is 19.4. The molecule has 35 heavy (non-hydrogen) atoms. The molecule has 184 valence electrons. The first-order valence-electron chi connectivity index (χ1n) is 11.1. The first-order valence-corrected chi connectivity index (χ1v) is 11.1. The molecule has 0 saturated carbocycles. The van der Waals surface area contributed by atoms with Crippen LogP contribution in [0.3, 0.4) is 0 Å². The van der Waals surface area contributed by atoms with Gasteiger partial charge in [0.05, 0.1) is 12.0 Å². The summed E-state index contributed by atoms with van der Waals surface area (Å²) in [5, 5.41) is 11.3. The molecule has 1 unspecified atom stereocenters. The number of rotatable bonds is 9. The topological polar surface area (TPSA) is 75.6 Å². The van der Waals surface area contributed by atoms with Gasteiger partial charge in [-0.2, -0.15) is 13.2 Å². The molecular weight excluding hydrogens is 459 g/mol. The quantitative estimate of drug-likeness (QED) is 0.367. The lowest BCUT2D eigenvalue weighted by molar-refractivity contribution is -0.138. The smallest absolute Gasteiger partial charge is 0.416 e. The molecule has 8 heteroatoms. The Labute approximate surface area is 201 Å². The summed E-state index contributed by atoms with van der Waals surface area (Å²) in [6, 6.07) is 17.5. The normalized spacial score (nSPS) is 12.1. The molecule has 0 bridgehead atoms. The van der Waals surface area contributed by atoms with Gasteiger partial charge >= 0.3 is 12.1 Å². The fraction of sp³-hybridized carbons (Fsp3) is 0.259. The fourth-order valence-corrected chi connectivity index (χ4v) is 3.59. The number of nitrogens with one attached hydrogen (secondary N) is 1. The largest absolute Gasteiger partial charge is 0.485 e. The van der Waals surface area contributed by atoms with Crippen LogP contribution in [0.4, 0.5) is 13.2 Å². The van der Waals surface area contributed by atoms with Gasteiger partial charge < -0.3 is 15.2 Å². The van der Waals surface area contributed by atoms with Crippen LogP contribution in [0, 0.1) is 6.92 Å². The van der Waals surface area contributed by atoms with Crippen LogP contribution in [0.15, 0.2) is 66.7 Å². The maximum Gasteiger partial charge on any atom is 0.416 e. The Bertz CT molecular complexity index is 1170. The summed E-state index contributed by atoms with van der Waals surface area (Å²) in [5.41, 5.74) is 2.89. The van der Waals surface area contributed by atoms with Crippen molar-refractivity contribution in [1.82, 2.24) is 5.32 Å². The van der Waals surface area contributed by atoms with E-state index in [1.54, 1.807) is 18.2 Å². The van der Waals surface area contributed by atoms with Crippen molar-refractivity contribution >= 4 is 11.9 Å². The van der Waals surface area contributed by atoms with Crippen LogP contribution in [0.5, 0.6) is 5.75 Å². The number of benzene rings is 3. The van der Waals surface area contributed by atoms with Crippen molar-refractivity contribution in [1.29, 1.82) is 0 Å². The number of carboxylic acids is 1. The summed E-state index contributed by atoms with van der Waals surface area (Å²) in [4.78, 5) is 22.8.